The van der Waals surface area contributed by atoms with E-state index in [-0.39, 0.29) is 0 Å². The summed E-state index contributed by atoms with van der Waals surface area (Å²) < 4.78 is 0. The van der Waals surface area contributed by atoms with Crippen LogP contribution in [0.2, 0.25) is 0 Å². The quantitative estimate of drug-likeness (QED) is 0.192. The summed E-state index contributed by atoms with van der Waals surface area (Å²) in [6, 6.07) is 0. The predicted octanol–water partition coefficient (Wildman–Crippen LogP) is 1.49. The Morgan fingerprint density at radius 2 is 2.33 bits per heavy atom. The molecule has 0 aliphatic rings. The van der Waals surface area contributed by atoms with Crippen molar-refractivity contribution in [2.45, 2.75) is 24.3 Å². The molecule has 0 fully saturated rings. The van der Waals surface area contributed by atoms with Gasteiger partial charge in [-0.2, -0.15) is 0 Å². The molecule has 0 saturated heterocycles. The van der Waals surface area contributed by atoms with Crippen LogP contribution in [-0.2, 0) is 0 Å². The summed E-state index contributed by atoms with van der Waals surface area (Å²) in [5.74, 6) is 1.26. The van der Waals surface area contributed by atoms with Crippen LogP contribution in [0.4, 0.5) is 0 Å². The molecule has 1 aromatic heterocycles. The van der Waals surface area contributed by atoms with Crippen molar-refractivity contribution in [1.29, 1.82) is 0 Å². The van der Waals surface area contributed by atoms with Gasteiger partial charge < -0.3 is 10.9 Å². The van der Waals surface area contributed by atoms with Gasteiger partial charge in [-0.3, -0.25) is 4.98 Å². The first-order valence-electron chi connectivity index (χ1n) is 4.68. The van der Waals surface area contributed by atoms with E-state index in [0.29, 0.717) is 12.3 Å². The maximum absolute atomic E-state index is 8.31. The minimum absolute atomic E-state index is 0.291. The monoisotopic (exact) mass is 226 g/mol. The van der Waals surface area contributed by atoms with E-state index < -0.39 is 0 Å². The fourth-order valence-electron chi connectivity index (χ4n) is 0.995. The molecule has 0 aromatic carbocycles. The summed E-state index contributed by atoms with van der Waals surface area (Å²) >= 11 is 1.66. The van der Waals surface area contributed by atoms with Gasteiger partial charge in [0.1, 0.15) is 10.9 Å². The summed E-state index contributed by atoms with van der Waals surface area (Å²) in [4.78, 5) is 8.11. The predicted molar refractivity (Wildman–Crippen MR) is 60.0 cm³/mol. The summed E-state index contributed by atoms with van der Waals surface area (Å²) in [6.45, 7) is 0. The molecule has 82 valence electrons. The highest BCUT2D eigenvalue weighted by atomic mass is 32.2. The molecule has 5 nitrogen and oxygen atoms in total. The molecule has 1 aromatic rings. The maximum Gasteiger partial charge on any atom is 0.139 e. The number of aromatic nitrogens is 2. The molecule has 1 heterocycles. The van der Waals surface area contributed by atoms with Crippen molar-refractivity contribution in [2.75, 3.05) is 5.75 Å². The highest BCUT2D eigenvalue weighted by molar-refractivity contribution is 7.99. The second kappa shape index (κ2) is 7.05. The lowest BCUT2D eigenvalue weighted by molar-refractivity contribution is 0.316. The van der Waals surface area contributed by atoms with E-state index in [4.69, 9.17) is 10.9 Å². The zero-order chi connectivity index (χ0) is 10.9. The highest BCUT2D eigenvalue weighted by Crippen LogP contribution is 2.15. The fraction of sp³-hybridized carbons (Fsp3) is 0.444. The first-order chi connectivity index (χ1) is 7.33. The van der Waals surface area contributed by atoms with Crippen LogP contribution in [0.1, 0.15) is 19.3 Å². The van der Waals surface area contributed by atoms with Gasteiger partial charge in [0.15, 0.2) is 0 Å². The van der Waals surface area contributed by atoms with E-state index in [1.807, 2.05) is 0 Å². The van der Waals surface area contributed by atoms with Gasteiger partial charge in [-0.15, -0.1) is 11.8 Å². The van der Waals surface area contributed by atoms with Crippen molar-refractivity contribution < 1.29 is 5.21 Å². The highest BCUT2D eigenvalue weighted by Gasteiger charge is 1.96. The zero-order valence-corrected chi connectivity index (χ0v) is 9.15. The van der Waals surface area contributed by atoms with Gasteiger partial charge in [0, 0.05) is 18.8 Å². The molecule has 0 saturated carbocycles. The Balaban J connectivity index is 2.08. The summed E-state index contributed by atoms with van der Waals surface area (Å²) in [6.07, 6.45) is 7.65. The number of oxime groups is 1. The smallest absolute Gasteiger partial charge is 0.139 e. The van der Waals surface area contributed by atoms with Gasteiger partial charge in [0.25, 0.3) is 0 Å². The number of thioether (sulfide) groups is 1. The minimum atomic E-state index is 0.291. The Labute approximate surface area is 92.8 Å². The molecule has 3 N–H and O–H groups in total. The van der Waals surface area contributed by atoms with Crippen LogP contribution < -0.4 is 5.73 Å². The minimum Gasteiger partial charge on any atom is -0.409 e. The van der Waals surface area contributed by atoms with Crippen LogP contribution in [0.15, 0.2) is 28.8 Å². The van der Waals surface area contributed by atoms with E-state index in [0.717, 1.165) is 23.6 Å². The number of nitrogens with zero attached hydrogens (tertiary/aromatic N) is 3. The molecule has 15 heavy (non-hydrogen) atoms. The van der Waals surface area contributed by atoms with E-state index in [9.17, 15) is 0 Å². The average molecular weight is 226 g/mol. The van der Waals surface area contributed by atoms with Crippen LogP contribution in [0.5, 0.6) is 0 Å². The largest absolute Gasteiger partial charge is 0.409 e. The van der Waals surface area contributed by atoms with E-state index in [2.05, 4.69) is 15.1 Å². The standard InChI is InChI=1S/C9H14N4OS/c10-8(13-14)3-1-2-6-15-9-7-11-4-5-12-9/h4-5,7,14H,1-3,6H2,(H2,10,13). The fourth-order valence-corrected chi connectivity index (χ4v) is 1.82. The van der Waals surface area contributed by atoms with Gasteiger partial charge in [-0.25, -0.2) is 4.98 Å². The molecule has 0 unspecified atom stereocenters. The van der Waals surface area contributed by atoms with Gasteiger partial charge in [-0.05, 0) is 18.6 Å². The Hall–Kier alpha value is -1.30. The Morgan fingerprint density at radius 3 is 3.00 bits per heavy atom. The van der Waals surface area contributed by atoms with E-state index in [1.165, 1.54) is 0 Å². The molecule has 0 bridgehead atoms. The molecule has 0 aliphatic heterocycles. The second-order valence-corrected chi connectivity index (χ2v) is 4.06. The van der Waals surface area contributed by atoms with E-state index >= 15 is 0 Å². The molecule has 6 heteroatoms. The van der Waals surface area contributed by atoms with Gasteiger partial charge in [0.2, 0.25) is 0 Å². The topological polar surface area (TPSA) is 84.4 Å². The van der Waals surface area contributed by atoms with Crippen molar-refractivity contribution in [3.63, 3.8) is 0 Å². The third kappa shape index (κ3) is 5.21. The molecular weight excluding hydrogens is 212 g/mol. The third-order valence-corrected chi connectivity index (χ3v) is 2.74. The van der Waals surface area contributed by atoms with Gasteiger partial charge >= 0.3 is 0 Å². The van der Waals surface area contributed by atoms with Crippen molar-refractivity contribution in [3.8, 4) is 0 Å². The van der Waals surface area contributed by atoms with Crippen LogP contribution in [0, 0.1) is 0 Å². The summed E-state index contributed by atoms with van der Waals surface area (Å²) in [7, 11) is 0. The lowest BCUT2D eigenvalue weighted by Crippen LogP contribution is -2.10. The lowest BCUT2D eigenvalue weighted by Gasteiger charge is -1.99. The Bertz CT molecular complexity index is 304. The van der Waals surface area contributed by atoms with Crippen molar-refractivity contribution in [3.05, 3.63) is 18.6 Å². The molecule has 0 amide bonds. The third-order valence-electron chi connectivity index (χ3n) is 1.75. The molecule has 0 aliphatic carbocycles. The summed E-state index contributed by atoms with van der Waals surface area (Å²) in [5.41, 5.74) is 5.34. The number of nitrogens with two attached hydrogens (primary N) is 1. The Kier molecular flexibility index (Phi) is 5.54. The molecule has 0 spiro atoms. The first kappa shape index (κ1) is 11.8. The van der Waals surface area contributed by atoms with Crippen molar-refractivity contribution >= 4 is 17.6 Å². The Morgan fingerprint density at radius 1 is 1.47 bits per heavy atom. The number of hydrogen-bond donors (Lipinski definition) is 2. The first-order valence-corrected chi connectivity index (χ1v) is 5.66. The normalized spacial score (nSPS) is 11.6. The van der Waals surface area contributed by atoms with Crippen LogP contribution >= 0.6 is 11.8 Å². The maximum atomic E-state index is 8.31. The number of unbranched alkanes of at least 4 members (excludes halogenated alkanes) is 1. The average Bonchev–Trinajstić information content (AvgIpc) is 2.29. The number of hydrogen-bond acceptors (Lipinski definition) is 5. The van der Waals surface area contributed by atoms with Crippen LogP contribution in [-0.4, -0.2) is 26.8 Å². The lowest BCUT2D eigenvalue weighted by atomic mass is 10.2. The zero-order valence-electron chi connectivity index (χ0n) is 8.33. The van der Waals surface area contributed by atoms with Crippen molar-refractivity contribution in [2.24, 2.45) is 10.9 Å². The van der Waals surface area contributed by atoms with Crippen molar-refractivity contribution in [1.82, 2.24) is 9.97 Å². The molecule has 1 rings (SSSR count). The molecular formula is C9H14N4OS. The number of rotatable bonds is 6. The van der Waals surface area contributed by atoms with Crippen LogP contribution in [0.3, 0.4) is 0 Å². The van der Waals surface area contributed by atoms with E-state index in [1.54, 1.807) is 30.4 Å². The second-order valence-electron chi connectivity index (χ2n) is 2.94. The number of amidine groups is 1. The summed E-state index contributed by atoms with van der Waals surface area (Å²) in [5, 5.41) is 12.2. The molecule has 0 radical (unpaired) electrons. The van der Waals surface area contributed by atoms with Crippen LogP contribution in [0.25, 0.3) is 0 Å². The molecule has 0 atom stereocenters. The van der Waals surface area contributed by atoms with Gasteiger partial charge in [-0.1, -0.05) is 5.16 Å². The SMILES string of the molecule is NC(CCCCSc1cnccn1)=NO. The van der Waals surface area contributed by atoms with Gasteiger partial charge in [0.05, 0.1) is 6.20 Å².